The molecule has 0 saturated carbocycles. The van der Waals surface area contributed by atoms with E-state index in [1.165, 1.54) is 101 Å². The van der Waals surface area contributed by atoms with Gasteiger partial charge in [0.05, 0.1) is 0 Å². The number of carbonyl (C=O) groups excluding carboxylic acids is 3. The number of ether oxygens (including phenoxy) is 1. The molecule has 1 heterocycles. The highest BCUT2D eigenvalue weighted by Gasteiger charge is 2.19. The van der Waals surface area contributed by atoms with Gasteiger partial charge in [-0.25, -0.2) is 0 Å². The number of unbranched alkanes of at least 4 members (excludes halogenated alkanes) is 3. The van der Waals surface area contributed by atoms with Gasteiger partial charge in [-0.15, -0.1) is 0 Å². The lowest BCUT2D eigenvalue weighted by molar-refractivity contribution is -0.191. The van der Waals surface area contributed by atoms with Crippen LogP contribution in [0.4, 0.5) is 0 Å². The first-order chi connectivity index (χ1) is 35.1. The second-order valence-corrected chi connectivity index (χ2v) is 19.8. The first-order valence-corrected chi connectivity index (χ1v) is 26.1. The lowest BCUT2D eigenvalue weighted by Gasteiger charge is -2.32. The van der Waals surface area contributed by atoms with Gasteiger partial charge in [-0.1, -0.05) is 175 Å². The van der Waals surface area contributed by atoms with Crippen LogP contribution in [0, 0.1) is 27.7 Å². The molecule has 1 aliphatic rings. The first kappa shape index (κ1) is 56.9. The molecular formula is C63H81N5O4. The maximum Gasteiger partial charge on any atom is 0.373 e. The number of nitrogens with one attached hydrogen (secondary N) is 1. The topological polar surface area (TPSA) is 85.4 Å². The molecule has 0 aromatic heterocycles. The van der Waals surface area contributed by atoms with Gasteiger partial charge < -0.3 is 15.0 Å². The number of nitrogens with zero attached hydrogens (tertiary/aromatic N) is 4. The van der Waals surface area contributed by atoms with Gasteiger partial charge in [-0.05, 0) is 145 Å². The third-order valence-electron chi connectivity index (χ3n) is 13.1. The quantitative estimate of drug-likeness (QED) is 0.0422. The summed E-state index contributed by atoms with van der Waals surface area (Å²) in [5.41, 5.74) is 13.6. The van der Waals surface area contributed by atoms with Crippen LogP contribution >= 0.6 is 0 Å². The van der Waals surface area contributed by atoms with Gasteiger partial charge >= 0.3 is 6.15 Å². The number of likely N-dealkylation sites (tertiary alicyclic amines) is 1. The zero-order valence-corrected chi connectivity index (χ0v) is 43.9. The predicted octanol–water partition coefficient (Wildman–Crippen LogP) is 11.9. The number of aryl methyl sites for hydroxylation is 4. The highest BCUT2D eigenvalue weighted by atomic mass is 16.5. The molecule has 0 bridgehead atoms. The molecule has 9 heteroatoms. The first-order valence-electron chi connectivity index (χ1n) is 26.1. The summed E-state index contributed by atoms with van der Waals surface area (Å²) in [4.78, 5) is 37.0. The van der Waals surface area contributed by atoms with Crippen molar-refractivity contribution in [1.29, 1.82) is 0 Å². The Morgan fingerprint density at radius 3 is 1.43 bits per heavy atom. The molecule has 0 unspecified atom stereocenters. The van der Waals surface area contributed by atoms with Crippen molar-refractivity contribution in [3.8, 4) is 5.75 Å². The lowest BCUT2D eigenvalue weighted by atomic mass is 10.0. The Morgan fingerprint density at radius 2 is 0.944 bits per heavy atom. The maximum absolute atomic E-state index is 10.6. The Bertz CT molecular complexity index is 2400. The van der Waals surface area contributed by atoms with Gasteiger partial charge in [-0.2, -0.15) is 9.59 Å². The van der Waals surface area contributed by atoms with Crippen molar-refractivity contribution in [2.75, 3.05) is 46.3 Å². The summed E-state index contributed by atoms with van der Waals surface area (Å²) in [6.45, 7) is 21.9. The fourth-order valence-electron chi connectivity index (χ4n) is 9.88. The number of benzene rings is 6. The normalized spacial score (nSPS) is 12.7. The number of piperidine rings is 1. The van der Waals surface area contributed by atoms with E-state index in [-0.39, 0.29) is 6.15 Å². The number of hydrogen-bond donors (Lipinski definition) is 1. The Labute approximate surface area is 432 Å². The third-order valence-corrected chi connectivity index (χ3v) is 13.1. The lowest BCUT2D eigenvalue weighted by Crippen LogP contribution is -2.42. The summed E-state index contributed by atoms with van der Waals surface area (Å²) >= 11 is 0. The Morgan fingerprint density at radius 1 is 0.528 bits per heavy atom. The van der Waals surface area contributed by atoms with Gasteiger partial charge in [-0.3, -0.25) is 19.5 Å². The van der Waals surface area contributed by atoms with E-state index in [0.717, 1.165) is 78.4 Å². The van der Waals surface area contributed by atoms with Crippen molar-refractivity contribution in [3.63, 3.8) is 0 Å². The van der Waals surface area contributed by atoms with Crippen LogP contribution in [0.5, 0.6) is 5.75 Å². The van der Waals surface area contributed by atoms with Crippen molar-refractivity contribution < 1.29 is 19.1 Å². The van der Waals surface area contributed by atoms with E-state index in [4.69, 9.17) is 14.3 Å². The average molecular weight is 972 g/mol. The van der Waals surface area contributed by atoms with Crippen LogP contribution in [0.15, 0.2) is 152 Å². The van der Waals surface area contributed by atoms with Crippen LogP contribution in [0.2, 0.25) is 0 Å². The zero-order chi connectivity index (χ0) is 51.2. The molecule has 0 aliphatic carbocycles. The maximum atomic E-state index is 10.6. The van der Waals surface area contributed by atoms with Crippen molar-refractivity contribution >= 4 is 12.6 Å². The molecule has 0 radical (unpaired) electrons. The summed E-state index contributed by atoms with van der Waals surface area (Å²) in [6.07, 6.45) is 8.95. The molecule has 6 aromatic carbocycles. The Kier molecular flexibility index (Phi) is 25.9. The minimum Gasteiger partial charge on any atom is -0.429 e. The van der Waals surface area contributed by atoms with Crippen LogP contribution in [-0.4, -0.2) is 84.6 Å². The van der Waals surface area contributed by atoms with E-state index in [1.807, 2.05) is 12.1 Å². The summed E-state index contributed by atoms with van der Waals surface area (Å²) in [7, 11) is 2.23. The molecule has 0 spiro atoms. The van der Waals surface area contributed by atoms with Crippen LogP contribution in [0.3, 0.4) is 0 Å². The van der Waals surface area contributed by atoms with Crippen LogP contribution in [0.1, 0.15) is 101 Å². The zero-order valence-electron chi connectivity index (χ0n) is 43.9. The van der Waals surface area contributed by atoms with E-state index in [0.29, 0.717) is 18.3 Å². The Balaban J connectivity index is 0.000000256. The van der Waals surface area contributed by atoms with E-state index in [9.17, 15) is 4.79 Å². The number of hydrogen-bond acceptors (Lipinski definition) is 9. The molecule has 7 rings (SSSR count). The number of carbonyl (C=O) groups is 1. The van der Waals surface area contributed by atoms with E-state index < -0.39 is 0 Å². The molecule has 6 aromatic rings. The van der Waals surface area contributed by atoms with Crippen molar-refractivity contribution in [3.05, 3.63) is 207 Å². The van der Waals surface area contributed by atoms with Crippen molar-refractivity contribution in [2.24, 2.45) is 0 Å². The third kappa shape index (κ3) is 23.0. The van der Waals surface area contributed by atoms with Crippen LogP contribution in [0.25, 0.3) is 0 Å². The van der Waals surface area contributed by atoms with Crippen molar-refractivity contribution in [1.82, 2.24) is 24.9 Å². The van der Waals surface area contributed by atoms with E-state index in [2.05, 4.69) is 199 Å². The molecule has 0 amide bonds. The fraction of sp³-hybridized carbons (Fsp3) is 0.397. The second kappa shape index (κ2) is 32.8. The second-order valence-electron chi connectivity index (χ2n) is 19.8. The summed E-state index contributed by atoms with van der Waals surface area (Å²) < 4.78 is 4.96. The highest BCUT2D eigenvalue weighted by Crippen LogP contribution is 2.19. The summed E-state index contributed by atoms with van der Waals surface area (Å²) in [5, 5.41) is 3.83. The standard InChI is InChI=1S/C32H41N3O2.C30H40N2.CO2/c1-26-19-27(2)21-30(20-26)24-35(23-29-9-11-32(12-10-29)37-25-36)16-6-15-33-31-13-17-34(18-14-31)22-28-7-4-3-5-8-28;1-26-20-27(2)22-30(21-26)25-32(24-29-16-10-7-11-17-29)19-13-5-4-12-18-31(3)23-28-14-8-6-9-15-28;2-1-3/h3-5,7-12,19-21,25,31,33H,6,13-18,22-24H2,1-2H3;6-11,14-17,20-22H,4-5,12-13,18-19,23-25H2,1-3H3;. The predicted molar refractivity (Wildman–Crippen MR) is 293 cm³/mol. The van der Waals surface area contributed by atoms with Crippen LogP contribution < -0.4 is 10.1 Å². The van der Waals surface area contributed by atoms with E-state index in [1.54, 1.807) is 0 Å². The minimum atomic E-state index is 0.250. The molecule has 0 atom stereocenters. The van der Waals surface area contributed by atoms with Gasteiger partial charge in [0.15, 0.2) is 0 Å². The van der Waals surface area contributed by atoms with Crippen LogP contribution in [-0.2, 0) is 53.7 Å². The SMILES string of the molecule is Cc1cc(C)cc(CN(CCCCCCN(C)Cc2ccccc2)Cc2ccccc2)c1.Cc1cc(C)cc(CN(CCCNC2CCN(Cc3ccccc3)CC2)Cc2ccc(OC=O)cc2)c1.O=C=O. The molecule has 1 aliphatic heterocycles. The summed E-state index contributed by atoms with van der Waals surface area (Å²) in [5.74, 6) is 0.582. The molecule has 382 valence electrons. The molecule has 72 heavy (non-hydrogen) atoms. The number of rotatable bonds is 26. The molecular weight excluding hydrogens is 891 g/mol. The van der Waals surface area contributed by atoms with Gasteiger partial charge in [0, 0.05) is 51.9 Å². The molecule has 1 saturated heterocycles. The highest BCUT2D eigenvalue weighted by molar-refractivity contribution is 5.45. The van der Waals surface area contributed by atoms with Gasteiger partial charge in [0.2, 0.25) is 0 Å². The minimum absolute atomic E-state index is 0.250. The van der Waals surface area contributed by atoms with E-state index >= 15 is 0 Å². The van der Waals surface area contributed by atoms with Gasteiger partial charge in [0.25, 0.3) is 6.47 Å². The molecule has 1 N–H and O–H groups in total. The molecule has 1 fully saturated rings. The summed E-state index contributed by atoms with van der Waals surface area (Å²) in [6, 6.07) is 54.7. The fourth-order valence-corrected chi connectivity index (χ4v) is 9.88. The van der Waals surface area contributed by atoms with Gasteiger partial charge in [0.1, 0.15) is 5.75 Å². The monoisotopic (exact) mass is 972 g/mol. The molecule has 9 nitrogen and oxygen atoms in total. The Hall–Kier alpha value is -6.03. The largest absolute Gasteiger partial charge is 0.429 e. The van der Waals surface area contributed by atoms with Crippen molar-refractivity contribution in [2.45, 2.75) is 118 Å². The average Bonchev–Trinajstić information content (AvgIpc) is 3.36. The smallest absolute Gasteiger partial charge is 0.373 e.